The van der Waals surface area contributed by atoms with Crippen LogP contribution in [0.25, 0.3) is 0 Å². The van der Waals surface area contributed by atoms with E-state index in [2.05, 4.69) is 26.1 Å². The Kier molecular flexibility index (Phi) is 7.25. The Hall–Kier alpha value is -0.810. The lowest BCUT2D eigenvalue weighted by Gasteiger charge is -2.29. The maximum absolute atomic E-state index is 10.3. The molecule has 0 aliphatic carbocycles. The zero-order chi connectivity index (χ0) is 14.2. The first kappa shape index (κ1) is 17.2. The molecule has 0 aliphatic rings. The highest BCUT2D eigenvalue weighted by molar-refractivity contribution is 5.64. The van der Waals surface area contributed by atoms with Crippen LogP contribution in [-0.2, 0) is 9.47 Å². The van der Waals surface area contributed by atoms with Crippen LogP contribution in [0.4, 0.5) is 4.79 Å². The minimum absolute atomic E-state index is 0.0963. The first-order valence-electron chi connectivity index (χ1n) is 6.43. The lowest BCUT2D eigenvalue weighted by Crippen LogP contribution is -2.33. The number of carboxylic acid groups (broad SMARTS) is 1. The van der Waals surface area contributed by atoms with Crippen molar-refractivity contribution in [1.82, 2.24) is 5.32 Å². The molecule has 0 fully saturated rings. The average Bonchev–Trinajstić information content (AvgIpc) is 2.24. The van der Waals surface area contributed by atoms with E-state index in [9.17, 15) is 4.79 Å². The SMILES string of the molecule is CCC(C)(C)OCCC(C)(C)OCCNC(=O)O. The normalized spacial score (nSPS) is 12.5. The van der Waals surface area contributed by atoms with Gasteiger partial charge in [0.1, 0.15) is 0 Å². The van der Waals surface area contributed by atoms with Crippen molar-refractivity contribution in [3.63, 3.8) is 0 Å². The second-order valence-corrected chi connectivity index (χ2v) is 5.55. The fourth-order valence-corrected chi connectivity index (χ4v) is 1.23. The molecule has 1 amide bonds. The summed E-state index contributed by atoms with van der Waals surface area (Å²) >= 11 is 0. The van der Waals surface area contributed by atoms with Crippen molar-refractivity contribution in [3.05, 3.63) is 0 Å². The van der Waals surface area contributed by atoms with E-state index in [-0.39, 0.29) is 11.2 Å². The molecular weight excluding hydrogens is 234 g/mol. The Morgan fingerprint density at radius 1 is 1.11 bits per heavy atom. The summed E-state index contributed by atoms with van der Waals surface area (Å²) < 4.78 is 11.4. The summed E-state index contributed by atoms with van der Waals surface area (Å²) in [7, 11) is 0. The van der Waals surface area contributed by atoms with E-state index < -0.39 is 6.09 Å². The molecule has 108 valence electrons. The van der Waals surface area contributed by atoms with Gasteiger partial charge in [0.15, 0.2) is 0 Å². The van der Waals surface area contributed by atoms with Crippen molar-refractivity contribution in [2.45, 2.75) is 58.7 Å². The fourth-order valence-electron chi connectivity index (χ4n) is 1.23. The third-order valence-corrected chi connectivity index (χ3v) is 2.92. The molecule has 0 aliphatic heterocycles. The highest BCUT2D eigenvalue weighted by Gasteiger charge is 2.21. The molecule has 0 unspecified atom stereocenters. The van der Waals surface area contributed by atoms with Gasteiger partial charge in [-0.1, -0.05) is 6.92 Å². The summed E-state index contributed by atoms with van der Waals surface area (Å²) in [5, 5.41) is 10.7. The standard InChI is InChI=1S/C13H27NO4/c1-6-12(2,3)17-9-7-13(4,5)18-10-8-14-11(15)16/h14H,6-10H2,1-5H3,(H,15,16). The second-order valence-electron chi connectivity index (χ2n) is 5.55. The second kappa shape index (κ2) is 7.59. The van der Waals surface area contributed by atoms with Gasteiger partial charge in [-0.05, 0) is 40.5 Å². The molecule has 0 heterocycles. The predicted octanol–water partition coefficient (Wildman–Crippen LogP) is 2.64. The fraction of sp³-hybridized carbons (Fsp3) is 0.923. The molecule has 0 aromatic heterocycles. The summed E-state index contributed by atoms with van der Waals surface area (Å²) in [6, 6.07) is 0. The Bertz CT molecular complexity index is 251. The molecule has 0 aromatic rings. The molecule has 0 saturated heterocycles. The summed E-state index contributed by atoms with van der Waals surface area (Å²) in [6.07, 6.45) is 0.727. The van der Waals surface area contributed by atoms with Crippen LogP contribution < -0.4 is 5.32 Å². The molecule has 5 nitrogen and oxygen atoms in total. The number of carbonyl (C=O) groups is 1. The van der Waals surface area contributed by atoms with Gasteiger partial charge in [0.2, 0.25) is 0 Å². The minimum Gasteiger partial charge on any atom is -0.465 e. The van der Waals surface area contributed by atoms with Gasteiger partial charge in [0, 0.05) is 6.54 Å². The van der Waals surface area contributed by atoms with Crippen LogP contribution >= 0.6 is 0 Å². The van der Waals surface area contributed by atoms with Gasteiger partial charge >= 0.3 is 6.09 Å². The highest BCUT2D eigenvalue weighted by atomic mass is 16.5. The third kappa shape index (κ3) is 9.24. The van der Waals surface area contributed by atoms with Crippen LogP contribution in [0.15, 0.2) is 0 Å². The maximum Gasteiger partial charge on any atom is 0.404 e. The van der Waals surface area contributed by atoms with E-state index in [0.717, 1.165) is 12.8 Å². The highest BCUT2D eigenvalue weighted by Crippen LogP contribution is 2.18. The van der Waals surface area contributed by atoms with Crippen LogP contribution in [0.5, 0.6) is 0 Å². The largest absolute Gasteiger partial charge is 0.465 e. The Labute approximate surface area is 110 Å². The van der Waals surface area contributed by atoms with Crippen molar-refractivity contribution in [3.8, 4) is 0 Å². The number of ether oxygens (including phenoxy) is 2. The van der Waals surface area contributed by atoms with Gasteiger partial charge in [0.25, 0.3) is 0 Å². The van der Waals surface area contributed by atoms with Crippen LogP contribution in [0.2, 0.25) is 0 Å². The maximum atomic E-state index is 10.3. The Morgan fingerprint density at radius 3 is 2.17 bits per heavy atom. The third-order valence-electron chi connectivity index (χ3n) is 2.92. The minimum atomic E-state index is -1.02. The van der Waals surface area contributed by atoms with Gasteiger partial charge in [-0.15, -0.1) is 0 Å². The first-order valence-corrected chi connectivity index (χ1v) is 6.43. The van der Waals surface area contributed by atoms with E-state index in [1.807, 2.05) is 13.8 Å². The van der Waals surface area contributed by atoms with Crippen molar-refractivity contribution in [1.29, 1.82) is 0 Å². The number of amides is 1. The van der Waals surface area contributed by atoms with Gasteiger partial charge < -0.3 is 19.9 Å². The molecule has 0 saturated carbocycles. The topological polar surface area (TPSA) is 67.8 Å². The van der Waals surface area contributed by atoms with Crippen molar-refractivity contribution in [2.75, 3.05) is 19.8 Å². The van der Waals surface area contributed by atoms with Crippen LogP contribution in [0, 0.1) is 0 Å². The Morgan fingerprint density at radius 2 is 1.67 bits per heavy atom. The zero-order valence-electron chi connectivity index (χ0n) is 12.2. The smallest absolute Gasteiger partial charge is 0.404 e. The summed E-state index contributed by atoms with van der Waals surface area (Å²) in [5.41, 5.74) is -0.398. The molecule has 0 bridgehead atoms. The predicted molar refractivity (Wildman–Crippen MR) is 71.0 cm³/mol. The van der Waals surface area contributed by atoms with Crippen LogP contribution in [-0.4, -0.2) is 42.2 Å². The van der Waals surface area contributed by atoms with Crippen molar-refractivity contribution in [2.24, 2.45) is 0 Å². The molecule has 0 aromatic carbocycles. The van der Waals surface area contributed by atoms with Gasteiger partial charge in [-0.2, -0.15) is 0 Å². The van der Waals surface area contributed by atoms with Gasteiger partial charge in [-0.3, -0.25) is 0 Å². The van der Waals surface area contributed by atoms with Crippen LogP contribution in [0.1, 0.15) is 47.5 Å². The zero-order valence-corrected chi connectivity index (χ0v) is 12.2. The summed E-state index contributed by atoms with van der Waals surface area (Å²) in [4.78, 5) is 10.3. The average molecular weight is 261 g/mol. The lowest BCUT2D eigenvalue weighted by molar-refractivity contribution is -0.0718. The molecule has 2 N–H and O–H groups in total. The molecule has 5 heteroatoms. The van der Waals surface area contributed by atoms with E-state index in [4.69, 9.17) is 14.6 Å². The van der Waals surface area contributed by atoms with E-state index >= 15 is 0 Å². The first-order chi connectivity index (χ1) is 8.18. The van der Waals surface area contributed by atoms with E-state index in [1.165, 1.54) is 0 Å². The molecule has 0 spiro atoms. The molecule has 0 atom stereocenters. The van der Waals surface area contributed by atoms with Crippen molar-refractivity contribution >= 4 is 6.09 Å². The lowest BCUT2D eigenvalue weighted by atomic mass is 10.0. The van der Waals surface area contributed by atoms with E-state index in [0.29, 0.717) is 19.8 Å². The number of rotatable bonds is 9. The molecule has 0 radical (unpaired) electrons. The number of nitrogens with one attached hydrogen (secondary N) is 1. The van der Waals surface area contributed by atoms with E-state index in [1.54, 1.807) is 0 Å². The molecule has 0 rings (SSSR count). The number of hydrogen-bond donors (Lipinski definition) is 2. The number of hydrogen-bond acceptors (Lipinski definition) is 3. The molecule has 18 heavy (non-hydrogen) atoms. The molecular formula is C13H27NO4. The quantitative estimate of drug-likeness (QED) is 0.626. The Balaban J connectivity index is 3.76. The van der Waals surface area contributed by atoms with Crippen LogP contribution in [0.3, 0.4) is 0 Å². The summed E-state index contributed by atoms with van der Waals surface area (Å²) in [6.45, 7) is 11.5. The monoisotopic (exact) mass is 261 g/mol. The van der Waals surface area contributed by atoms with Gasteiger partial charge in [-0.25, -0.2) is 4.79 Å². The van der Waals surface area contributed by atoms with Gasteiger partial charge in [0.05, 0.1) is 24.4 Å². The summed E-state index contributed by atoms with van der Waals surface area (Å²) in [5.74, 6) is 0. The van der Waals surface area contributed by atoms with Crippen molar-refractivity contribution < 1.29 is 19.4 Å².